The molecule has 186 valence electrons. The number of carbonyl (C=O) groups is 2. The highest BCUT2D eigenvalue weighted by atomic mass is 35.5. The van der Waals surface area contributed by atoms with Gasteiger partial charge in [-0.15, -0.1) is 0 Å². The molecule has 0 atom stereocenters. The highest BCUT2D eigenvalue weighted by molar-refractivity contribution is 7.80. The van der Waals surface area contributed by atoms with Crippen molar-refractivity contribution < 1.29 is 14.3 Å². The molecule has 0 bridgehead atoms. The molecule has 0 unspecified atom stereocenters. The zero-order valence-corrected chi connectivity index (χ0v) is 21.8. The van der Waals surface area contributed by atoms with Gasteiger partial charge in [0.05, 0.1) is 17.7 Å². The maximum Gasteiger partial charge on any atom is 0.258 e. The van der Waals surface area contributed by atoms with Gasteiger partial charge >= 0.3 is 0 Å². The van der Waals surface area contributed by atoms with Gasteiger partial charge in [0.1, 0.15) is 5.75 Å². The van der Waals surface area contributed by atoms with Crippen molar-refractivity contribution in [2.75, 3.05) is 43.5 Å². The number of nitrogens with one attached hydrogen (secondary N) is 2. The van der Waals surface area contributed by atoms with Crippen LogP contribution in [0.2, 0.25) is 10.0 Å². The number of benzene rings is 3. The first-order chi connectivity index (χ1) is 17.3. The maximum absolute atomic E-state index is 12.8. The number of anilines is 2. The molecule has 7 nitrogen and oxygen atoms in total. The van der Waals surface area contributed by atoms with E-state index in [1.165, 1.54) is 6.07 Å². The lowest BCUT2D eigenvalue weighted by molar-refractivity contribution is 0.0746. The second kappa shape index (κ2) is 11.6. The highest BCUT2D eigenvalue weighted by Crippen LogP contribution is 2.22. The van der Waals surface area contributed by atoms with Crippen LogP contribution in [0.5, 0.6) is 5.75 Å². The van der Waals surface area contributed by atoms with Crippen LogP contribution in [0, 0.1) is 0 Å². The number of amides is 2. The van der Waals surface area contributed by atoms with E-state index in [4.69, 9.17) is 40.2 Å². The fourth-order valence-electron chi connectivity index (χ4n) is 3.85. The number of carbonyl (C=O) groups excluding carboxylic acids is 2. The predicted octanol–water partition coefficient (Wildman–Crippen LogP) is 5.09. The molecule has 0 aromatic heterocycles. The van der Waals surface area contributed by atoms with Crippen LogP contribution in [0.4, 0.5) is 11.4 Å². The standard InChI is InChI=1S/C26H24Cl2N4O3S/c1-35-21-9-2-17(3-10-21)25(34)32-14-12-31(13-15-32)20-7-5-19(6-8-20)29-26(36)30-24(33)22-11-4-18(27)16-23(22)28/h2-11,16H,12-15H2,1H3,(H2,29,30,33,36). The number of halogens is 2. The fraction of sp³-hybridized carbons (Fsp3) is 0.192. The van der Waals surface area contributed by atoms with E-state index in [1.54, 1.807) is 43.5 Å². The van der Waals surface area contributed by atoms with Crippen LogP contribution < -0.4 is 20.3 Å². The Morgan fingerprint density at radius 1 is 0.917 bits per heavy atom. The van der Waals surface area contributed by atoms with Gasteiger partial charge in [-0.05, 0) is 78.9 Å². The average Bonchev–Trinajstić information content (AvgIpc) is 2.88. The van der Waals surface area contributed by atoms with E-state index >= 15 is 0 Å². The summed E-state index contributed by atoms with van der Waals surface area (Å²) in [6.45, 7) is 2.72. The molecule has 4 rings (SSSR count). The summed E-state index contributed by atoms with van der Waals surface area (Å²) < 4.78 is 5.16. The molecule has 2 N–H and O–H groups in total. The Morgan fingerprint density at radius 2 is 1.58 bits per heavy atom. The molecule has 1 aliphatic heterocycles. The monoisotopic (exact) mass is 542 g/mol. The van der Waals surface area contributed by atoms with Gasteiger partial charge < -0.3 is 19.9 Å². The van der Waals surface area contributed by atoms with Gasteiger partial charge in [-0.25, -0.2) is 0 Å². The number of nitrogens with zero attached hydrogens (tertiary/aromatic N) is 2. The third-order valence-corrected chi connectivity index (χ3v) is 6.55. The largest absolute Gasteiger partial charge is 0.497 e. The number of hydrogen-bond donors (Lipinski definition) is 2. The first kappa shape index (κ1) is 25.8. The third kappa shape index (κ3) is 6.26. The van der Waals surface area contributed by atoms with Crippen molar-refractivity contribution in [3.8, 4) is 5.75 Å². The second-order valence-electron chi connectivity index (χ2n) is 8.09. The van der Waals surface area contributed by atoms with E-state index in [-0.39, 0.29) is 21.6 Å². The molecule has 3 aromatic carbocycles. The average molecular weight is 543 g/mol. The van der Waals surface area contributed by atoms with Crippen LogP contribution in [0.25, 0.3) is 0 Å². The van der Waals surface area contributed by atoms with Crippen molar-refractivity contribution in [2.24, 2.45) is 0 Å². The molecule has 1 aliphatic rings. The fourth-order valence-corrected chi connectivity index (χ4v) is 4.55. The van der Waals surface area contributed by atoms with Crippen LogP contribution in [-0.2, 0) is 0 Å². The number of ether oxygens (including phenoxy) is 1. The third-order valence-electron chi connectivity index (χ3n) is 5.80. The molecule has 0 saturated carbocycles. The molecule has 1 saturated heterocycles. The van der Waals surface area contributed by atoms with Crippen LogP contribution in [-0.4, -0.2) is 55.1 Å². The van der Waals surface area contributed by atoms with E-state index in [0.29, 0.717) is 23.7 Å². The Morgan fingerprint density at radius 3 is 2.19 bits per heavy atom. The van der Waals surface area contributed by atoms with Crippen molar-refractivity contribution in [2.45, 2.75) is 0 Å². The number of hydrogen-bond acceptors (Lipinski definition) is 5. The van der Waals surface area contributed by atoms with Crippen LogP contribution in [0.1, 0.15) is 20.7 Å². The summed E-state index contributed by atoms with van der Waals surface area (Å²) in [6.07, 6.45) is 0. The molecule has 10 heteroatoms. The molecule has 36 heavy (non-hydrogen) atoms. The highest BCUT2D eigenvalue weighted by Gasteiger charge is 2.22. The van der Waals surface area contributed by atoms with E-state index < -0.39 is 5.91 Å². The number of thiocarbonyl (C=S) groups is 1. The van der Waals surface area contributed by atoms with E-state index in [0.717, 1.165) is 30.2 Å². The molecule has 0 radical (unpaired) electrons. The topological polar surface area (TPSA) is 73.9 Å². The number of methoxy groups -OCH3 is 1. The van der Waals surface area contributed by atoms with Crippen molar-refractivity contribution in [3.63, 3.8) is 0 Å². The normalized spacial score (nSPS) is 13.2. The zero-order chi connectivity index (χ0) is 25.7. The SMILES string of the molecule is COc1ccc(C(=O)N2CCN(c3ccc(NC(=S)NC(=O)c4ccc(Cl)cc4Cl)cc3)CC2)cc1. The van der Waals surface area contributed by atoms with Crippen molar-refractivity contribution in [3.05, 3.63) is 87.9 Å². The molecule has 1 heterocycles. The van der Waals surface area contributed by atoms with Gasteiger partial charge in [0, 0.05) is 48.1 Å². The van der Waals surface area contributed by atoms with Gasteiger partial charge in [0.25, 0.3) is 11.8 Å². The summed E-state index contributed by atoms with van der Waals surface area (Å²) in [5, 5.41) is 6.47. The Hall–Kier alpha value is -3.33. The molecule has 1 fully saturated rings. The summed E-state index contributed by atoms with van der Waals surface area (Å²) in [5.74, 6) is 0.323. The van der Waals surface area contributed by atoms with Crippen LogP contribution >= 0.6 is 35.4 Å². The van der Waals surface area contributed by atoms with Crippen molar-refractivity contribution >= 4 is 63.7 Å². The van der Waals surface area contributed by atoms with Crippen molar-refractivity contribution in [1.82, 2.24) is 10.2 Å². The van der Waals surface area contributed by atoms with Gasteiger partial charge in [-0.3, -0.25) is 14.9 Å². The Bertz CT molecular complexity index is 1260. The minimum Gasteiger partial charge on any atom is -0.497 e. The summed E-state index contributed by atoms with van der Waals surface area (Å²) in [7, 11) is 1.60. The predicted molar refractivity (Wildman–Crippen MR) is 148 cm³/mol. The van der Waals surface area contributed by atoms with E-state index in [1.807, 2.05) is 29.2 Å². The molecule has 0 aliphatic carbocycles. The Balaban J connectivity index is 1.28. The molecular formula is C26H24Cl2N4O3S. The maximum atomic E-state index is 12.8. The van der Waals surface area contributed by atoms with Gasteiger partial charge in [-0.1, -0.05) is 23.2 Å². The molecule has 3 aromatic rings. The first-order valence-electron chi connectivity index (χ1n) is 11.2. The smallest absolute Gasteiger partial charge is 0.258 e. The van der Waals surface area contributed by atoms with Crippen molar-refractivity contribution in [1.29, 1.82) is 0 Å². The molecule has 2 amide bonds. The van der Waals surface area contributed by atoms with E-state index in [2.05, 4.69) is 15.5 Å². The summed E-state index contributed by atoms with van der Waals surface area (Å²) in [4.78, 5) is 29.3. The molecule has 0 spiro atoms. The molecular weight excluding hydrogens is 519 g/mol. The zero-order valence-electron chi connectivity index (χ0n) is 19.5. The summed E-state index contributed by atoms with van der Waals surface area (Å²) in [5.41, 5.74) is 2.71. The second-order valence-corrected chi connectivity index (χ2v) is 9.34. The lowest BCUT2D eigenvalue weighted by atomic mass is 10.1. The number of piperazine rings is 1. The first-order valence-corrected chi connectivity index (χ1v) is 12.4. The lowest BCUT2D eigenvalue weighted by Gasteiger charge is -2.36. The minimum atomic E-state index is -0.423. The number of rotatable bonds is 5. The quantitative estimate of drug-likeness (QED) is 0.437. The minimum absolute atomic E-state index is 0.0206. The van der Waals surface area contributed by atoms with Gasteiger partial charge in [0.2, 0.25) is 0 Å². The van der Waals surface area contributed by atoms with Crippen LogP contribution in [0.3, 0.4) is 0 Å². The van der Waals surface area contributed by atoms with Gasteiger partial charge in [-0.2, -0.15) is 0 Å². The Kier molecular flexibility index (Phi) is 8.30. The van der Waals surface area contributed by atoms with Crippen LogP contribution in [0.15, 0.2) is 66.7 Å². The Labute approximate surface area is 224 Å². The summed E-state index contributed by atoms with van der Waals surface area (Å²) in [6, 6.07) is 19.5. The summed E-state index contributed by atoms with van der Waals surface area (Å²) >= 11 is 17.2. The van der Waals surface area contributed by atoms with Gasteiger partial charge in [0.15, 0.2) is 5.11 Å². The van der Waals surface area contributed by atoms with E-state index in [9.17, 15) is 9.59 Å². The lowest BCUT2D eigenvalue weighted by Crippen LogP contribution is -2.48.